The third kappa shape index (κ3) is 2.28. The standard InChI is InChI=1S/C14H15ClN2/c15-12-3-1-2-11-8-10(9-17-13(11)12)4-5-14(16)6-7-14/h1-3,8-9H,4-7,16H2. The number of aryl methyl sites for hydroxylation is 1. The normalized spacial score (nSPS) is 17.3. The van der Waals surface area contributed by atoms with Crippen molar-refractivity contribution < 1.29 is 0 Å². The predicted octanol–water partition coefficient (Wildman–Crippen LogP) is 3.31. The summed E-state index contributed by atoms with van der Waals surface area (Å²) >= 11 is 6.09. The molecule has 0 amide bonds. The first kappa shape index (κ1) is 11.0. The monoisotopic (exact) mass is 246 g/mol. The fourth-order valence-corrected chi connectivity index (χ4v) is 2.34. The fraction of sp³-hybridized carbons (Fsp3) is 0.357. The molecule has 2 nitrogen and oxygen atoms in total. The topological polar surface area (TPSA) is 38.9 Å². The quantitative estimate of drug-likeness (QED) is 0.903. The molecule has 1 aromatic carbocycles. The second kappa shape index (κ2) is 3.97. The van der Waals surface area contributed by atoms with Crippen LogP contribution in [-0.4, -0.2) is 10.5 Å². The van der Waals surface area contributed by atoms with Crippen LogP contribution in [0, 0.1) is 0 Å². The summed E-state index contributed by atoms with van der Waals surface area (Å²) in [7, 11) is 0. The van der Waals surface area contributed by atoms with Crippen molar-refractivity contribution in [1.29, 1.82) is 0 Å². The van der Waals surface area contributed by atoms with Gasteiger partial charge in [-0.2, -0.15) is 0 Å². The summed E-state index contributed by atoms with van der Waals surface area (Å²) in [5.74, 6) is 0. The van der Waals surface area contributed by atoms with Gasteiger partial charge < -0.3 is 5.73 Å². The lowest BCUT2D eigenvalue weighted by atomic mass is 10.0. The van der Waals surface area contributed by atoms with Crippen LogP contribution < -0.4 is 5.73 Å². The van der Waals surface area contributed by atoms with Gasteiger partial charge in [0, 0.05) is 17.1 Å². The van der Waals surface area contributed by atoms with E-state index in [1.165, 1.54) is 18.4 Å². The van der Waals surface area contributed by atoms with E-state index in [4.69, 9.17) is 17.3 Å². The lowest BCUT2D eigenvalue weighted by Crippen LogP contribution is -2.22. The Kier molecular flexibility index (Phi) is 2.57. The molecule has 2 aromatic rings. The van der Waals surface area contributed by atoms with Crippen LogP contribution in [0.4, 0.5) is 0 Å². The van der Waals surface area contributed by atoms with Crippen molar-refractivity contribution in [3.63, 3.8) is 0 Å². The van der Waals surface area contributed by atoms with Crippen molar-refractivity contribution in [3.05, 3.63) is 41.0 Å². The van der Waals surface area contributed by atoms with Gasteiger partial charge in [-0.05, 0) is 43.4 Å². The molecule has 0 atom stereocenters. The van der Waals surface area contributed by atoms with E-state index in [1.54, 1.807) is 0 Å². The highest BCUT2D eigenvalue weighted by Gasteiger charge is 2.37. The lowest BCUT2D eigenvalue weighted by Gasteiger charge is -2.08. The zero-order chi connectivity index (χ0) is 11.9. The summed E-state index contributed by atoms with van der Waals surface area (Å²) < 4.78 is 0. The van der Waals surface area contributed by atoms with Crippen LogP contribution in [0.2, 0.25) is 5.02 Å². The number of pyridine rings is 1. The molecule has 0 radical (unpaired) electrons. The summed E-state index contributed by atoms with van der Waals surface area (Å²) in [6.07, 6.45) is 6.31. The first-order chi connectivity index (χ1) is 8.16. The smallest absolute Gasteiger partial charge is 0.0888 e. The average molecular weight is 247 g/mol. The number of fused-ring (bicyclic) bond motifs is 1. The van der Waals surface area contributed by atoms with Gasteiger partial charge in [-0.15, -0.1) is 0 Å². The van der Waals surface area contributed by atoms with Crippen LogP contribution in [0.25, 0.3) is 10.9 Å². The Bertz CT molecular complexity index is 561. The van der Waals surface area contributed by atoms with E-state index in [2.05, 4.69) is 11.1 Å². The Morgan fingerprint density at radius 2 is 2.18 bits per heavy atom. The number of rotatable bonds is 3. The van der Waals surface area contributed by atoms with Crippen molar-refractivity contribution in [2.75, 3.05) is 0 Å². The Hall–Kier alpha value is -1.12. The van der Waals surface area contributed by atoms with Gasteiger partial charge in [0.05, 0.1) is 10.5 Å². The Labute approximate surface area is 106 Å². The Morgan fingerprint density at radius 3 is 2.94 bits per heavy atom. The Balaban J connectivity index is 1.86. The van der Waals surface area contributed by atoms with Gasteiger partial charge in [-0.25, -0.2) is 0 Å². The van der Waals surface area contributed by atoms with Crippen LogP contribution in [0.1, 0.15) is 24.8 Å². The van der Waals surface area contributed by atoms with Gasteiger partial charge in [-0.3, -0.25) is 4.98 Å². The van der Waals surface area contributed by atoms with Crippen LogP contribution in [0.5, 0.6) is 0 Å². The van der Waals surface area contributed by atoms with E-state index < -0.39 is 0 Å². The van der Waals surface area contributed by atoms with Gasteiger partial charge >= 0.3 is 0 Å². The SMILES string of the molecule is NC1(CCc2cnc3c(Cl)cccc3c2)CC1. The molecule has 1 aliphatic rings. The minimum absolute atomic E-state index is 0.114. The summed E-state index contributed by atoms with van der Waals surface area (Å²) in [5.41, 5.74) is 8.33. The number of hydrogen-bond donors (Lipinski definition) is 1. The minimum Gasteiger partial charge on any atom is -0.325 e. The molecular weight excluding hydrogens is 232 g/mol. The van der Waals surface area contributed by atoms with Gasteiger partial charge in [-0.1, -0.05) is 23.7 Å². The van der Waals surface area contributed by atoms with E-state index in [9.17, 15) is 0 Å². The summed E-state index contributed by atoms with van der Waals surface area (Å²) in [5, 5.41) is 1.82. The Morgan fingerprint density at radius 1 is 1.35 bits per heavy atom. The highest BCUT2D eigenvalue weighted by Crippen LogP contribution is 2.36. The molecule has 0 saturated heterocycles. The number of benzene rings is 1. The van der Waals surface area contributed by atoms with Crippen LogP contribution >= 0.6 is 11.6 Å². The molecule has 0 aliphatic heterocycles. The molecule has 2 N–H and O–H groups in total. The molecule has 1 aliphatic carbocycles. The van der Waals surface area contributed by atoms with Crippen molar-refractivity contribution in [3.8, 4) is 0 Å². The summed E-state index contributed by atoms with van der Waals surface area (Å²) in [6.45, 7) is 0. The summed E-state index contributed by atoms with van der Waals surface area (Å²) in [6, 6.07) is 8.05. The number of aromatic nitrogens is 1. The second-order valence-electron chi connectivity index (χ2n) is 5.02. The molecule has 17 heavy (non-hydrogen) atoms. The van der Waals surface area contributed by atoms with Crippen molar-refractivity contribution >= 4 is 22.5 Å². The molecule has 1 aromatic heterocycles. The summed E-state index contributed by atoms with van der Waals surface area (Å²) in [4.78, 5) is 4.43. The van der Waals surface area contributed by atoms with Gasteiger partial charge in [0.1, 0.15) is 0 Å². The molecule has 1 saturated carbocycles. The fourth-order valence-electron chi connectivity index (χ4n) is 2.11. The van der Waals surface area contributed by atoms with Gasteiger partial charge in [0.25, 0.3) is 0 Å². The third-order valence-corrected chi connectivity index (χ3v) is 3.83. The number of hydrogen-bond acceptors (Lipinski definition) is 2. The molecule has 88 valence electrons. The van der Waals surface area contributed by atoms with E-state index >= 15 is 0 Å². The molecule has 1 heterocycles. The van der Waals surface area contributed by atoms with E-state index in [0.717, 1.165) is 23.7 Å². The molecule has 3 heteroatoms. The highest BCUT2D eigenvalue weighted by molar-refractivity contribution is 6.35. The first-order valence-electron chi connectivity index (χ1n) is 5.98. The molecular formula is C14H15ClN2. The lowest BCUT2D eigenvalue weighted by molar-refractivity contribution is 0.609. The van der Waals surface area contributed by atoms with Crippen LogP contribution in [-0.2, 0) is 6.42 Å². The maximum atomic E-state index is 6.09. The largest absolute Gasteiger partial charge is 0.325 e. The van der Waals surface area contributed by atoms with Gasteiger partial charge in [0.15, 0.2) is 0 Å². The van der Waals surface area contributed by atoms with Crippen molar-refractivity contribution in [1.82, 2.24) is 4.98 Å². The molecule has 0 spiro atoms. The minimum atomic E-state index is 0.114. The number of halogens is 1. The molecule has 3 rings (SSSR count). The van der Waals surface area contributed by atoms with Crippen molar-refractivity contribution in [2.24, 2.45) is 5.73 Å². The number of nitrogens with zero attached hydrogens (tertiary/aromatic N) is 1. The highest BCUT2D eigenvalue weighted by atomic mass is 35.5. The third-order valence-electron chi connectivity index (χ3n) is 3.52. The van der Waals surface area contributed by atoms with Crippen molar-refractivity contribution in [2.45, 2.75) is 31.2 Å². The van der Waals surface area contributed by atoms with Crippen LogP contribution in [0.3, 0.4) is 0 Å². The predicted molar refractivity (Wildman–Crippen MR) is 71.2 cm³/mol. The second-order valence-corrected chi connectivity index (χ2v) is 5.42. The average Bonchev–Trinajstić information content (AvgIpc) is 3.06. The zero-order valence-corrected chi connectivity index (χ0v) is 10.4. The molecule has 0 bridgehead atoms. The molecule has 1 fully saturated rings. The first-order valence-corrected chi connectivity index (χ1v) is 6.36. The van der Waals surface area contributed by atoms with Gasteiger partial charge in [0.2, 0.25) is 0 Å². The maximum Gasteiger partial charge on any atom is 0.0888 e. The zero-order valence-electron chi connectivity index (χ0n) is 9.62. The maximum absolute atomic E-state index is 6.09. The number of nitrogens with two attached hydrogens (primary N) is 1. The van der Waals surface area contributed by atoms with E-state index in [0.29, 0.717) is 5.02 Å². The van der Waals surface area contributed by atoms with E-state index in [1.807, 2.05) is 24.4 Å². The number of para-hydroxylation sites is 1. The van der Waals surface area contributed by atoms with E-state index in [-0.39, 0.29) is 5.54 Å². The molecule has 0 unspecified atom stereocenters. The van der Waals surface area contributed by atoms with Crippen LogP contribution in [0.15, 0.2) is 30.5 Å².